The third kappa shape index (κ3) is 4.48. The smallest absolute Gasteiger partial charge is 0.253 e. The van der Waals surface area contributed by atoms with Gasteiger partial charge in [-0.15, -0.1) is 11.3 Å². The fourth-order valence-electron chi connectivity index (χ4n) is 4.66. The minimum Gasteiger partial charge on any atom is -0.345 e. The normalized spacial score (nSPS) is 16.0. The number of amides is 1. The van der Waals surface area contributed by atoms with Crippen LogP contribution in [-0.4, -0.2) is 51.4 Å². The molecule has 0 atom stereocenters. The number of hydrogen-bond acceptors (Lipinski definition) is 4. The van der Waals surface area contributed by atoms with Crippen LogP contribution >= 0.6 is 11.3 Å². The summed E-state index contributed by atoms with van der Waals surface area (Å²) < 4.78 is 2.33. The summed E-state index contributed by atoms with van der Waals surface area (Å²) in [6.45, 7) is 18.4. The van der Waals surface area contributed by atoms with Crippen molar-refractivity contribution < 1.29 is 4.79 Å². The molecule has 0 radical (unpaired) electrons. The van der Waals surface area contributed by atoms with Crippen molar-refractivity contribution in [2.75, 3.05) is 26.2 Å². The molecule has 4 rings (SSSR count). The van der Waals surface area contributed by atoms with Gasteiger partial charge in [-0.3, -0.25) is 9.69 Å². The summed E-state index contributed by atoms with van der Waals surface area (Å²) in [4.78, 5) is 22.7. The Balaban J connectivity index is 1.44. The highest BCUT2D eigenvalue weighted by atomic mass is 32.1. The molecule has 2 aromatic heterocycles. The number of fused-ring (bicyclic) bond motifs is 1. The Morgan fingerprint density at radius 2 is 1.91 bits per heavy atom. The number of rotatable bonds is 4. The van der Waals surface area contributed by atoms with E-state index in [1.165, 1.54) is 27.2 Å². The lowest BCUT2D eigenvalue weighted by molar-refractivity contribution is 0.0761. The first kappa shape index (κ1) is 23.0. The maximum absolute atomic E-state index is 13.3. The summed E-state index contributed by atoms with van der Waals surface area (Å²) in [5, 5.41) is 4.58. The van der Waals surface area contributed by atoms with Crippen LogP contribution in [0.25, 0.3) is 10.9 Å². The fraction of sp³-hybridized carbons (Fsp3) is 0.538. The van der Waals surface area contributed by atoms with Gasteiger partial charge < -0.3 is 9.47 Å². The van der Waals surface area contributed by atoms with Crippen molar-refractivity contribution in [2.45, 2.75) is 66.5 Å². The molecule has 0 N–H and O–H groups in total. The van der Waals surface area contributed by atoms with E-state index < -0.39 is 0 Å². The van der Waals surface area contributed by atoms with Gasteiger partial charge in [0.1, 0.15) is 0 Å². The number of benzene rings is 1. The van der Waals surface area contributed by atoms with Crippen molar-refractivity contribution in [3.63, 3.8) is 0 Å². The molecule has 1 amide bonds. The van der Waals surface area contributed by atoms with E-state index in [1.54, 1.807) is 11.3 Å². The highest BCUT2D eigenvalue weighted by Gasteiger charge is 2.23. The molecule has 0 aliphatic carbocycles. The number of nitrogens with zero attached hydrogens (tertiary/aromatic N) is 4. The first-order valence-corrected chi connectivity index (χ1v) is 12.6. The highest BCUT2D eigenvalue weighted by Crippen LogP contribution is 2.28. The summed E-state index contributed by atoms with van der Waals surface area (Å²) in [5.74, 6) is 0.152. The Labute approximate surface area is 196 Å². The lowest BCUT2D eigenvalue weighted by Crippen LogP contribution is -2.35. The number of thiazole rings is 1. The number of aromatic nitrogens is 2. The van der Waals surface area contributed by atoms with E-state index in [0.717, 1.165) is 56.9 Å². The predicted molar refractivity (Wildman–Crippen MR) is 134 cm³/mol. The van der Waals surface area contributed by atoms with Crippen molar-refractivity contribution >= 4 is 28.1 Å². The van der Waals surface area contributed by atoms with Gasteiger partial charge in [-0.1, -0.05) is 20.8 Å². The van der Waals surface area contributed by atoms with Gasteiger partial charge in [0, 0.05) is 72.2 Å². The molecule has 0 bridgehead atoms. The lowest BCUT2D eigenvalue weighted by atomic mass is 9.98. The van der Waals surface area contributed by atoms with E-state index in [1.807, 2.05) is 11.0 Å². The Kier molecular flexibility index (Phi) is 6.46. The minimum absolute atomic E-state index is 0.0982. The first-order valence-electron chi connectivity index (χ1n) is 11.7. The molecule has 1 aliphatic rings. The maximum atomic E-state index is 13.3. The zero-order valence-corrected chi connectivity index (χ0v) is 21.2. The average Bonchev–Trinajstić information content (AvgIpc) is 3.23. The van der Waals surface area contributed by atoms with Gasteiger partial charge in [-0.05, 0) is 51.0 Å². The van der Waals surface area contributed by atoms with Crippen molar-refractivity contribution in [3.8, 4) is 0 Å². The Morgan fingerprint density at radius 3 is 2.59 bits per heavy atom. The van der Waals surface area contributed by atoms with Crippen molar-refractivity contribution in [1.29, 1.82) is 0 Å². The third-order valence-electron chi connectivity index (χ3n) is 6.66. The van der Waals surface area contributed by atoms with E-state index >= 15 is 0 Å². The number of carbonyl (C=O) groups excluding carboxylic acids is 1. The van der Waals surface area contributed by atoms with E-state index in [4.69, 9.17) is 4.98 Å². The largest absolute Gasteiger partial charge is 0.345 e. The van der Waals surface area contributed by atoms with E-state index in [2.05, 4.69) is 68.5 Å². The second-order valence-electron chi connectivity index (χ2n) is 10.0. The van der Waals surface area contributed by atoms with Crippen LogP contribution in [0.2, 0.25) is 0 Å². The predicted octanol–water partition coefficient (Wildman–Crippen LogP) is 5.38. The van der Waals surface area contributed by atoms with Gasteiger partial charge in [0.15, 0.2) is 0 Å². The number of aryl methyl sites for hydroxylation is 2. The van der Waals surface area contributed by atoms with Gasteiger partial charge >= 0.3 is 0 Å². The molecule has 3 aromatic rings. The van der Waals surface area contributed by atoms with Crippen molar-refractivity contribution in [3.05, 3.63) is 51.1 Å². The monoisotopic (exact) mass is 452 g/mol. The summed E-state index contributed by atoms with van der Waals surface area (Å²) in [7, 11) is 0. The molecule has 0 unspecified atom stereocenters. The van der Waals surface area contributed by atoms with Gasteiger partial charge in [0.05, 0.1) is 10.7 Å². The Bertz CT molecular complexity index is 1120. The molecule has 1 aromatic carbocycles. The summed E-state index contributed by atoms with van der Waals surface area (Å²) >= 11 is 1.76. The standard InChI is InChI=1S/C26H36N4OS/c1-7-30-19(3)18(2)22-15-20(9-10-23(22)30)24(31)29-12-8-11-28(13-14-29)16-21-17-32-25(27-21)26(4,5)6/h9-10,15,17H,7-8,11-14,16H2,1-6H3. The van der Waals surface area contributed by atoms with Crippen LogP contribution in [0.3, 0.4) is 0 Å². The molecule has 1 fully saturated rings. The molecular formula is C26H36N4OS. The summed E-state index contributed by atoms with van der Waals surface area (Å²) in [5.41, 5.74) is 5.83. The molecule has 1 aliphatic heterocycles. The Hall–Kier alpha value is -2.18. The average molecular weight is 453 g/mol. The molecule has 3 heterocycles. The second kappa shape index (κ2) is 8.99. The SMILES string of the molecule is CCn1c(C)c(C)c2cc(C(=O)N3CCCN(Cc4csc(C(C)(C)C)n4)CC3)ccc21. The molecule has 6 heteroatoms. The van der Waals surface area contributed by atoms with Crippen molar-refractivity contribution in [1.82, 2.24) is 19.4 Å². The van der Waals surface area contributed by atoms with E-state index in [9.17, 15) is 4.79 Å². The summed E-state index contributed by atoms with van der Waals surface area (Å²) in [6, 6.07) is 6.21. The van der Waals surface area contributed by atoms with Crippen LogP contribution in [0.15, 0.2) is 23.6 Å². The molecular weight excluding hydrogens is 416 g/mol. The first-order chi connectivity index (χ1) is 15.2. The fourth-order valence-corrected chi connectivity index (χ4v) is 5.56. The second-order valence-corrected chi connectivity index (χ2v) is 10.9. The zero-order valence-electron chi connectivity index (χ0n) is 20.4. The van der Waals surface area contributed by atoms with Crippen LogP contribution in [0, 0.1) is 13.8 Å². The molecule has 5 nitrogen and oxygen atoms in total. The quantitative estimate of drug-likeness (QED) is 0.534. The number of hydrogen-bond donors (Lipinski definition) is 0. The van der Waals surface area contributed by atoms with Crippen molar-refractivity contribution in [2.24, 2.45) is 0 Å². The lowest BCUT2D eigenvalue weighted by Gasteiger charge is -2.22. The Morgan fingerprint density at radius 1 is 1.12 bits per heavy atom. The molecule has 1 saturated heterocycles. The summed E-state index contributed by atoms with van der Waals surface area (Å²) in [6.07, 6.45) is 0.995. The molecule has 32 heavy (non-hydrogen) atoms. The van der Waals surface area contributed by atoms with E-state index in [-0.39, 0.29) is 11.3 Å². The van der Waals surface area contributed by atoms with Crippen LogP contribution < -0.4 is 0 Å². The van der Waals surface area contributed by atoms with Gasteiger partial charge in [0.2, 0.25) is 0 Å². The van der Waals surface area contributed by atoms with Gasteiger partial charge in [-0.2, -0.15) is 0 Å². The molecule has 172 valence electrons. The van der Waals surface area contributed by atoms with Crippen LogP contribution in [0.5, 0.6) is 0 Å². The van der Waals surface area contributed by atoms with Crippen LogP contribution in [0.1, 0.15) is 66.4 Å². The van der Waals surface area contributed by atoms with Crippen LogP contribution in [0.4, 0.5) is 0 Å². The highest BCUT2D eigenvalue weighted by molar-refractivity contribution is 7.09. The third-order valence-corrected chi connectivity index (χ3v) is 7.97. The number of carbonyl (C=O) groups is 1. The van der Waals surface area contributed by atoms with E-state index in [0.29, 0.717) is 0 Å². The molecule has 0 spiro atoms. The minimum atomic E-state index is 0.0982. The topological polar surface area (TPSA) is 41.4 Å². The maximum Gasteiger partial charge on any atom is 0.253 e. The zero-order chi connectivity index (χ0) is 23.0. The van der Waals surface area contributed by atoms with Crippen LogP contribution in [-0.2, 0) is 18.5 Å². The van der Waals surface area contributed by atoms with Gasteiger partial charge in [0.25, 0.3) is 5.91 Å². The molecule has 0 saturated carbocycles. The van der Waals surface area contributed by atoms with Gasteiger partial charge in [-0.25, -0.2) is 4.98 Å².